The Labute approximate surface area is 237 Å². The van der Waals surface area contributed by atoms with Crippen molar-refractivity contribution in [3.63, 3.8) is 0 Å². The van der Waals surface area contributed by atoms with Gasteiger partial charge in [0.15, 0.2) is 10.2 Å². The fourth-order valence-electron chi connectivity index (χ4n) is 2.58. The molecule has 0 bridgehead atoms. The van der Waals surface area contributed by atoms with Crippen molar-refractivity contribution in [3.05, 3.63) is 121 Å². The van der Waals surface area contributed by atoms with E-state index in [2.05, 4.69) is 41.7 Å². The average Bonchev–Trinajstić information content (AvgIpc) is 2.91. The molecule has 0 aliphatic rings. The van der Waals surface area contributed by atoms with E-state index in [1.54, 1.807) is 24.8 Å². The summed E-state index contributed by atoms with van der Waals surface area (Å²) in [4.78, 5) is 8.21. The van der Waals surface area contributed by atoms with Crippen LogP contribution in [0.5, 0.6) is 0 Å². The normalized spacial score (nSPS) is 9.95. The number of hydrogen-bond acceptors (Lipinski definition) is 6. The molecule has 0 fully saturated rings. The molecule has 11 heteroatoms. The molecule has 8 nitrogen and oxygen atoms in total. The van der Waals surface area contributed by atoms with Gasteiger partial charge in [-0.25, -0.2) is 0 Å². The SMILES string of the molecule is S=C(NN=Cc1ccccn1)Nc1ccccc1.S=C(NN=Cc1ccccn1)Nc1ccccc1.[Cu]. The Morgan fingerprint density at radius 2 is 0.946 bits per heavy atom. The monoisotopic (exact) mass is 575 g/mol. The van der Waals surface area contributed by atoms with E-state index >= 15 is 0 Å². The minimum atomic E-state index is 0. The number of hydrazone groups is 2. The number of benzene rings is 2. The molecule has 4 aromatic rings. The van der Waals surface area contributed by atoms with Crippen LogP contribution in [0.15, 0.2) is 120 Å². The zero-order valence-electron chi connectivity index (χ0n) is 19.5. The molecule has 191 valence electrons. The molecule has 0 saturated carbocycles. The third kappa shape index (κ3) is 12.5. The molecule has 0 aliphatic carbocycles. The second-order valence-corrected chi connectivity index (χ2v) is 7.71. The summed E-state index contributed by atoms with van der Waals surface area (Å²) in [6, 6.07) is 30.6. The minimum Gasteiger partial charge on any atom is -0.331 e. The van der Waals surface area contributed by atoms with Gasteiger partial charge in [-0.05, 0) is 73.0 Å². The number of anilines is 2. The van der Waals surface area contributed by atoms with E-state index in [9.17, 15) is 0 Å². The van der Waals surface area contributed by atoms with Gasteiger partial charge in [-0.2, -0.15) is 10.2 Å². The quantitative estimate of drug-likeness (QED) is 0.113. The molecule has 0 spiro atoms. The maximum absolute atomic E-state index is 5.10. The summed E-state index contributed by atoms with van der Waals surface area (Å²) in [6.45, 7) is 0. The van der Waals surface area contributed by atoms with Crippen molar-refractivity contribution in [2.45, 2.75) is 0 Å². The largest absolute Gasteiger partial charge is 0.331 e. The molecule has 1 radical (unpaired) electrons. The van der Waals surface area contributed by atoms with Crippen molar-refractivity contribution in [1.29, 1.82) is 0 Å². The topological polar surface area (TPSA) is 98.6 Å². The van der Waals surface area contributed by atoms with Gasteiger partial charge in [0.25, 0.3) is 0 Å². The smallest absolute Gasteiger partial charge is 0.191 e. The Balaban J connectivity index is 0.000000253. The van der Waals surface area contributed by atoms with E-state index in [1.165, 1.54) is 0 Å². The number of para-hydroxylation sites is 2. The first-order valence-electron chi connectivity index (χ1n) is 10.8. The molecule has 0 unspecified atom stereocenters. The van der Waals surface area contributed by atoms with Gasteiger partial charge in [0.2, 0.25) is 0 Å². The summed E-state index contributed by atoms with van der Waals surface area (Å²) in [7, 11) is 0. The molecule has 37 heavy (non-hydrogen) atoms. The summed E-state index contributed by atoms with van der Waals surface area (Å²) in [6.07, 6.45) is 6.64. The standard InChI is InChI=1S/2C13H12N4S.Cu/c2*18-13(16-11-6-2-1-3-7-11)17-15-10-12-8-4-5-9-14-12;/h2*1-10H,(H2,16,17,18);. The van der Waals surface area contributed by atoms with E-state index in [1.807, 2.05) is 97.1 Å². The van der Waals surface area contributed by atoms with Crippen LogP contribution in [0, 0.1) is 0 Å². The Morgan fingerprint density at radius 3 is 1.30 bits per heavy atom. The number of thiocarbonyl (C=S) groups is 2. The van der Waals surface area contributed by atoms with Gasteiger partial charge in [-0.3, -0.25) is 20.8 Å². The fourth-order valence-corrected chi connectivity index (χ4v) is 2.92. The molecular weight excluding hydrogens is 552 g/mol. The summed E-state index contributed by atoms with van der Waals surface area (Å²) < 4.78 is 0. The number of nitrogens with zero attached hydrogens (tertiary/aromatic N) is 4. The van der Waals surface area contributed by atoms with Crippen LogP contribution in [-0.4, -0.2) is 32.6 Å². The third-order valence-electron chi connectivity index (χ3n) is 4.16. The van der Waals surface area contributed by atoms with Crippen molar-refractivity contribution in [3.8, 4) is 0 Å². The predicted octanol–water partition coefficient (Wildman–Crippen LogP) is 4.80. The summed E-state index contributed by atoms with van der Waals surface area (Å²) in [5.74, 6) is 0. The van der Waals surface area contributed by atoms with E-state index in [4.69, 9.17) is 24.4 Å². The van der Waals surface area contributed by atoms with Gasteiger partial charge in [0.05, 0.1) is 23.8 Å². The molecule has 2 aromatic carbocycles. The number of hydrogen-bond donors (Lipinski definition) is 4. The first-order valence-corrected chi connectivity index (χ1v) is 11.6. The van der Waals surface area contributed by atoms with Crippen molar-refractivity contribution < 1.29 is 17.1 Å². The number of pyridine rings is 2. The number of nitrogens with one attached hydrogen (secondary N) is 4. The molecule has 4 N–H and O–H groups in total. The number of rotatable bonds is 6. The zero-order valence-corrected chi connectivity index (χ0v) is 22.0. The van der Waals surface area contributed by atoms with Gasteiger partial charge in [0, 0.05) is 40.8 Å². The Morgan fingerprint density at radius 1 is 0.568 bits per heavy atom. The van der Waals surface area contributed by atoms with Crippen LogP contribution >= 0.6 is 24.4 Å². The van der Waals surface area contributed by atoms with E-state index < -0.39 is 0 Å². The Hall–Kier alpha value is -4.02. The van der Waals surface area contributed by atoms with Crippen LogP contribution in [0.4, 0.5) is 11.4 Å². The first-order chi connectivity index (χ1) is 17.7. The zero-order chi connectivity index (χ0) is 25.3. The summed E-state index contributed by atoms with van der Waals surface area (Å²) >= 11 is 10.2. The minimum absolute atomic E-state index is 0. The average molecular weight is 576 g/mol. The molecule has 2 heterocycles. The summed E-state index contributed by atoms with van der Waals surface area (Å²) in [5, 5.41) is 14.9. The Bertz CT molecular complexity index is 1160. The first kappa shape index (κ1) is 29.2. The third-order valence-corrected chi connectivity index (χ3v) is 4.55. The van der Waals surface area contributed by atoms with Crippen LogP contribution in [0.1, 0.15) is 11.4 Å². The molecule has 4 rings (SSSR count). The van der Waals surface area contributed by atoms with Crippen molar-refractivity contribution in [2.24, 2.45) is 10.2 Å². The predicted molar refractivity (Wildman–Crippen MR) is 155 cm³/mol. The fraction of sp³-hybridized carbons (Fsp3) is 0. The van der Waals surface area contributed by atoms with Crippen LogP contribution in [0.25, 0.3) is 0 Å². The van der Waals surface area contributed by atoms with E-state index in [0.717, 1.165) is 22.8 Å². The molecular formula is C26H24CuN8S2. The van der Waals surface area contributed by atoms with E-state index in [-0.39, 0.29) is 17.1 Å². The van der Waals surface area contributed by atoms with Crippen LogP contribution in [0.3, 0.4) is 0 Å². The molecule has 0 saturated heterocycles. The molecule has 0 aliphatic heterocycles. The van der Waals surface area contributed by atoms with Crippen LogP contribution in [-0.2, 0) is 17.1 Å². The van der Waals surface area contributed by atoms with Crippen LogP contribution in [0.2, 0.25) is 0 Å². The number of aromatic nitrogens is 2. The van der Waals surface area contributed by atoms with E-state index in [0.29, 0.717) is 10.2 Å². The second kappa shape index (κ2) is 17.4. The van der Waals surface area contributed by atoms with Gasteiger partial charge in [0.1, 0.15) is 0 Å². The van der Waals surface area contributed by atoms with Crippen molar-refractivity contribution >= 4 is 58.5 Å². The van der Waals surface area contributed by atoms with Crippen LogP contribution < -0.4 is 21.5 Å². The van der Waals surface area contributed by atoms with Gasteiger partial charge >= 0.3 is 0 Å². The Kier molecular flexibility index (Phi) is 13.7. The maximum atomic E-state index is 5.10. The second-order valence-electron chi connectivity index (χ2n) is 6.89. The van der Waals surface area contributed by atoms with Gasteiger partial charge in [-0.1, -0.05) is 48.5 Å². The maximum Gasteiger partial charge on any atom is 0.191 e. The molecule has 0 amide bonds. The van der Waals surface area contributed by atoms with Gasteiger partial charge < -0.3 is 10.6 Å². The summed E-state index contributed by atoms with van der Waals surface area (Å²) in [5.41, 5.74) is 8.84. The molecule has 2 aromatic heterocycles. The van der Waals surface area contributed by atoms with Crippen molar-refractivity contribution in [1.82, 2.24) is 20.8 Å². The van der Waals surface area contributed by atoms with Gasteiger partial charge in [-0.15, -0.1) is 0 Å². The molecule has 0 atom stereocenters. The van der Waals surface area contributed by atoms with Crippen molar-refractivity contribution in [2.75, 3.05) is 10.6 Å².